The lowest BCUT2D eigenvalue weighted by Crippen LogP contribution is -2.04. The summed E-state index contributed by atoms with van der Waals surface area (Å²) in [4.78, 5) is 0. The third kappa shape index (κ3) is 1.78. The number of hydrogen-bond donors (Lipinski definition) is 1. The molecule has 1 aliphatic rings. The molecule has 2 aromatic rings. The maximum atomic E-state index is 5.95. The van der Waals surface area contributed by atoms with E-state index in [4.69, 9.17) is 17.3 Å². The first kappa shape index (κ1) is 10.6. The molecule has 0 atom stereocenters. The predicted octanol–water partition coefficient (Wildman–Crippen LogP) is 2.69. The van der Waals surface area contributed by atoms with Crippen LogP contribution in [0.2, 0.25) is 5.02 Å². The monoisotopic (exact) mass is 248 g/mol. The lowest BCUT2D eigenvalue weighted by molar-refractivity contribution is 0.759. The summed E-state index contributed by atoms with van der Waals surface area (Å²) in [6.45, 7) is 2.01. The molecule has 1 heterocycles. The average molecular weight is 249 g/mol. The number of rotatable bonds is 2. The summed E-state index contributed by atoms with van der Waals surface area (Å²) in [6, 6.07) is 5.74. The minimum atomic E-state index is 0.514. The van der Waals surface area contributed by atoms with Gasteiger partial charge in [0.05, 0.1) is 11.4 Å². The van der Waals surface area contributed by atoms with E-state index >= 15 is 0 Å². The molecule has 0 spiro atoms. The number of benzene rings is 1. The Kier molecular flexibility index (Phi) is 2.33. The molecular formula is C12H13ClN4. The summed E-state index contributed by atoms with van der Waals surface area (Å²) in [5, 5.41) is 8.84. The van der Waals surface area contributed by atoms with Crippen molar-refractivity contribution in [3.8, 4) is 5.69 Å². The molecule has 0 bridgehead atoms. The van der Waals surface area contributed by atoms with Gasteiger partial charge in [-0.3, -0.25) is 0 Å². The van der Waals surface area contributed by atoms with Crippen molar-refractivity contribution >= 4 is 17.4 Å². The van der Waals surface area contributed by atoms with Gasteiger partial charge in [0.2, 0.25) is 0 Å². The molecular weight excluding hydrogens is 236 g/mol. The van der Waals surface area contributed by atoms with E-state index in [2.05, 4.69) is 10.3 Å². The van der Waals surface area contributed by atoms with E-state index in [1.54, 1.807) is 0 Å². The number of hydrogen-bond acceptors (Lipinski definition) is 3. The van der Waals surface area contributed by atoms with Crippen molar-refractivity contribution in [2.75, 3.05) is 5.73 Å². The van der Waals surface area contributed by atoms with Crippen LogP contribution in [0.5, 0.6) is 0 Å². The highest BCUT2D eigenvalue weighted by Crippen LogP contribution is 2.42. The van der Waals surface area contributed by atoms with Crippen LogP contribution in [0.3, 0.4) is 0 Å². The number of aromatic nitrogens is 3. The minimum Gasteiger partial charge on any atom is -0.381 e. The van der Waals surface area contributed by atoms with Crippen LogP contribution in [-0.4, -0.2) is 15.0 Å². The normalized spacial score (nSPS) is 15.2. The Labute approximate surface area is 104 Å². The zero-order chi connectivity index (χ0) is 12.0. The zero-order valence-electron chi connectivity index (χ0n) is 9.52. The molecule has 0 radical (unpaired) electrons. The number of anilines is 1. The quantitative estimate of drug-likeness (QED) is 0.889. The van der Waals surface area contributed by atoms with Crippen molar-refractivity contribution in [1.82, 2.24) is 15.0 Å². The Morgan fingerprint density at radius 3 is 2.82 bits per heavy atom. The van der Waals surface area contributed by atoms with Gasteiger partial charge in [-0.1, -0.05) is 16.8 Å². The maximum Gasteiger partial charge on any atom is 0.169 e. The molecule has 1 saturated carbocycles. The fourth-order valence-electron chi connectivity index (χ4n) is 2.07. The Morgan fingerprint density at radius 2 is 2.18 bits per heavy atom. The predicted molar refractivity (Wildman–Crippen MR) is 67.5 cm³/mol. The molecule has 3 rings (SSSR count). The van der Waals surface area contributed by atoms with Gasteiger partial charge in [-0.2, -0.15) is 0 Å². The molecule has 17 heavy (non-hydrogen) atoms. The van der Waals surface area contributed by atoms with Crippen LogP contribution in [0.25, 0.3) is 5.69 Å². The number of nitrogens with zero attached hydrogens (tertiary/aromatic N) is 3. The lowest BCUT2D eigenvalue weighted by atomic mass is 10.2. The van der Waals surface area contributed by atoms with Crippen LogP contribution in [-0.2, 0) is 0 Å². The molecule has 0 saturated heterocycles. The Morgan fingerprint density at radius 1 is 1.41 bits per heavy atom. The molecule has 1 fully saturated rings. The highest BCUT2D eigenvalue weighted by atomic mass is 35.5. The number of nitrogen functional groups attached to an aromatic ring is 1. The summed E-state index contributed by atoms with van der Waals surface area (Å²) < 4.78 is 1.85. The molecule has 0 amide bonds. The second-order valence-corrected chi connectivity index (χ2v) is 4.91. The van der Waals surface area contributed by atoms with Crippen molar-refractivity contribution in [1.29, 1.82) is 0 Å². The maximum absolute atomic E-state index is 5.95. The molecule has 88 valence electrons. The minimum absolute atomic E-state index is 0.514. The number of aryl methyl sites for hydroxylation is 1. The molecule has 4 nitrogen and oxygen atoms in total. The van der Waals surface area contributed by atoms with E-state index in [0.717, 1.165) is 22.0 Å². The van der Waals surface area contributed by atoms with Gasteiger partial charge in [0, 0.05) is 10.9 Å². The smallest absolute Gasteiger partial charge is 0.169 e. The van der Waals surface area contributed by atoms with E-state index in [-0.39, 0.29) is 0 Å². The van der Waals surface area contributed by atoms with Crippen LogP contribution in [0.4, 0.5) is 5.82 Å². The summed E-state index contributed by atoms with van der Waals surface area (Å²) in [6.07, 6.45) is 2.34. The molecule has 1 aromatic heterocycles. The van der Waals surface area contributed by atoms with Gasteiger partial charge < -0.3 is 5.73 Å². The van der Waals surface area contributed by atoms with Crippen molar-refractivity contribution in [3.63, 3.8) is 0 Å². The van der Waals surface area contributed by atoms with Crippen molar-refractivity contribution in [2.45, 2.75) is 25.7 Å². The van der Waals surface area contributed by atoms with E-state index in [9.17, 15) is 0 Å². The second-order valence-electron chi connectivity index (χ2n) is 4.48. The number of nitrogens with two attached hydrogens (primary N) is 1. The van der Waals surface area contributed by atoms with E-state index in [1.165, 1.54) is 12.8 Å². The molecule has 1 aromatic carbocycles. The third-order valence-electron chi connectivity index (χ3n) is 3.08. The van der Waals surface area contributed by atoms with Gasteiger partial charge in [-0.05, 0) is 43.5 Å². The van der Waals surface area contributed by atoms with Crippen LogP contribution < -0.4 is 5.73 Å². The van der Waals surface area contributed by atoms with Gasteiger partial charge in [0.15, 0.2) is 5.82 Å². The first-order valence-electron chi connectivity index (χ1n) is 5.64. The Bertz CT molecular complexity index is 572. The number of halogens is 1. The van der Waals surface area contributed by atoms with E-state index < -0.39 is 0 Å². The second kappa shape index (κ2) is 3.74. The average Bonchev–Trinajstić information content (AvgIpc) is 3.03. The van der Waals surface area contributed by atoms with E-state index in [0.29, 0.717) is 11.7 Å². The zero-order valence-corrected chi connectivity index (χ0v) is 10.3. The lowest BCUT2D eigenvalue weighted by Gasteiger charge is -2.09. The summed E-state index contributed by atoms with van der Waals surface area (Å²) >= 11 is 5.95. The Hall–Kier alpha value is -1.55. The van der Waals surface area contributed by atoms with Crippen LogP contribution in [0.15, 0.2) is 18.2 Å². The molecule has 5 heteroatoms. The Balaban J connectivity index is 2.14. The topological polar surface area (TPSA) is 56.7 Å². The van der Waals surface area contributed by atoms with Crippen LogP contribution in [0.1, 0.15) is 30.0 Å². The van der Waals surface area contributed by atoms with Gasteiger partial charge >= 0.3 is 0 Å². The van der Waals surface area contributed by atoms with Crippen LogP contribution >= 0.6 is 11.6 Å². The standard InChI is InChI=1S/C12H13ClN4/c1-7-6-9(13)4-5-10(7)17-11(8-2-3-8)12(14)15-16-17/h4-6,8H,2-3,14H2,1H3. The van der Waals surface area contributed by atoms with Crippen molar-refractivity contribution < 1.29 is 0 Å². The van der Waals surface area contributed by atoms with Crippen LogP contribution in [0, 0.1) is 6.92 Å². The van der Waals surface area contributed by atoms with Gasteiger partial charge in [0.1, 0.15) is 0 Å². The van der Waals surface area contributed by atoms with Gasteiger partial charge in [-0.25, -0.2) is 4.68 Å². The van der Waals surface area contributed by atoms with E-state index in [1.807, 2.05) is 29.8 Å². The third-order valence-corrected chi connectivity index (χ3v) is 3.32. The van der Waals surface area contributed by atoms with Gasteiger partial charge in [0.25, 0.3) is 0 Å². The SMILES string of the molecule is Cc1cc(Cl)ccc1-n1nnc(N)c1C1CC1. The highest BCUT2D eigenvalue weighted by Gasteiger charge is 2.31. The molecule has 2 N–H and O–H groups in total. The fourth-order valence-corrected chi connectivity index (χ4v) is 2.30. The largest absolute Gasteiger partial charge is 0.381 e. The molecule has 0 unspecified atom stereocenters. The van der Waals surface area contributed by atoms with Gasteiger partial charge in [-0.15, -0.1) is 5.10 Å². The summed E-state index contributed by atoms with van der Waals surface area (Å²) in [5.41, 5.74) is 8.99. The summed E-state index contributed by atoms with van der Waals surface area (Å²) in [5.74, 6) is 1.06. The van der Waals surface area contributed by atoms with Crippen molar-refractivity contribution in [3.05, 3.63) is 34.5 Å². The summed E-state index contributed by atoms with van der Waals surface area (Å²) in [7, 11) is 0. The molecule has 0 aliphatic heterocycles. The van der Waals surface area contributed by atoms with Crippen molar-refractivity contribution in [2.24, 2.45) is 0 Å². The highest BCUT2D eigenvalue weighted by molar-refractivity contribution is 6.30. The fraction of sp³-hybridized carbons (Fsp3) is 0.333. The molecule has 1 aliphatic carbocycles. The first-order valence-corrected chi connectivity index (χ1v) is 6.02. The first-order chi connectivity index (χ1) is 8.16.